The molecule has 1 aromatic heterocycles. The SMILES string of the molecule is CC(CCO)CNc1ncc(Cl)cc1F. The molecule has 0 aliphatic carbocycles. The van der Waals surface area contributed by atoms with Gasteiger partial charge in [0, 0.05) is 19.3 Å². The van der Waals surface area contributed by atoms with E-state index in [1.165, 1.54) is 12.3 Å². The van der Waals surface area contributed by atoms with Crippen LogP contribution in [-0.2, 0) is 0 Å². The zero-order valence-corrected chi connectivity index (χ0v) is 9.26. The van der Waals surface area contributed by atoms with Gasteiger partial charge in [-0.15, -0.1) is 0 Å². The quantitative estimate of drug-likeness (QED) is 0.819. The van der Waals surface area contributed by atoms with Crippen LogP contribution >= 0.6 is 11.6 Å². The van der Waals surface area contributed by atoms with Crippen LogP contribution in [0.15, 0.2) is 12.3 Å². The minimum absolute atomic E-state index is 0.138. The van der Waals surface area contributed by atoms with Gasteiger partial charge in [0.1, 0.15) is 0 Å². The van der Waals surface area contributed by atoms with Crippen molar-refractivity contribution < 1.29 is 9.50 Å². The van der Waals surface area contributed by atoms with Crippen LogP contribution in [0.4, 0.5) is 10.2 Å². The molecular weight excluding hydrogens is 219 g/mol. The van der Waals surface area contributed by atoms with Gasteiger partial charge >= 0.3 is 0 Å². The predicted molar refractivity (Wildman–Crippen MR) is 58.6 cm³/mol. The zero-order valence-electron chi connectivity index (χ0n) is 8.50. The molecule has 0 aliphatic heterocycles. The van der Waals surface area contributed by atoms with E-state index in [0.29, 0.717) is 13.0 Å². The van der Waals surface area contributed by atoms with Crippen LogP contribution in [-0.4, -0.2) is 23.2 Å². The molecule has 0 spiro atoms. The molecule has 1 aromatic rings. The summed E-state index contributed by atoms with van der Waals surface area (Å²) in [5.41, 5.74) is 0. The molecular formula is C10H14ClFN2O. The third-order valence-electron chi connectivity index (χ3n) is 2.05. The number of hydrogen-bond acceptors (Lipinski definition) is 3. The number of rotatable bonds is 5. The number of nitrogens with one attached hydrogen (secondary N) is 1. The number of halogens is 2. The molecule has 0 fully saturated rings. The average molecular weight is 233 g/mol. The van der Waals surface area contributed by atoms with Crippen molar-refractivity contribution in [1.82, 2.24) is 4.98 Å². The molecule has 1 atom stereocenters. The number of aromatic nitrogens is 1. The molecule has 0 saturated heterocycles. The first-order valence-corrected chi connectivity index (χ1v) is 5.17. The molecule has 0 aliphatic rings. The standard InChI is InChI=1S/C10H14ClFN2O/c1-7(2-3-15)5-13-10-9(12)4-8(11)6-14-10/h4,6-7,15H,2-3,5H2,1H3,(H,13,14). The van der Waals surface area contributed by atoms with Gasteiger partial charge in [0.2, 0.25) is 0 Å². The molecule has 1 heterocycles. The summed E-state index contributed by atoms with van der Waals surface area (Å²) in [4.78, 5) is 3.83. The Morgan fingerprint density at radius 2 is 2.40 bits per heavy atom. The monoisotopic (exact) mass is 232 g/mol. The summed E-state index contributed by atoms with van der Waals surface area (Å²) in [5.74, 6) is 0.00904. The summed E-state index contributed by atoms with van der Waals surface area (Å²) < 4.78 is 13.2. The summed E-state index contributed by atoms with van der Waals surface area (Å²) in [6.07, 6.45) is 2.08. The lowest BCUT2D eigenvalue weighted by molar-refractivity contribution is 0.265. The van der Waals surface area contributed by atoms with E-state index in [1.54, 1.807) is 0 Å². The van der Waals surface area contributed by atoms with Gasteiger partial charge in [-0.2, -0.15) is 0 Å². The predicted octanol–water partition coefficient (Wildman–Crippen LogP) is 2.30. The van der Waals surface area contributed by atoms with Crippen LogP contribution in [0.25, 0.3) is 0 Å². The molecule has 5 heteroatoms. The lowest BCUT2D eigenvalue weighted by Gasteiger charge is -2.11. The van der Waals surface area contributed by atoms with Gasteiger partial charge in [-0.05, 0) is 18.4 Å². The highest BCUT2D eigenvalue weighted by molar-refractivity contribution is 6.30. The Hall–Kier alpha value is -0.870. The van der Waals surface area contributed by atoms with Crippen molar-refractivity contribution in [2.24, 2.45) is 5.92 Å². The highest BCUT2D eigenvalue weighted by Crippen LogP contribution is 2.15. The van der Waals surface area contributed by atoms with Crippen molar-refractivity contribution in [1.29, 1.82) is 0 Å². The second-order valence-electron chi connectivity index (χ2n) is 3.48. The third kappa shape index (κ3) is 4.01. The first-order chi connectivity index (χ1) is 7.13. The summed E-state index contributed by atoms with van der Waals surface area (Å²) in [6.45, 7) is 2.68. The van der Waals surface area contributed by atoms with E-state index in [-0.39, 0.29) is 23.4 Å². The Kier molecular flexibility index (Phi) is 4.78. The summed E-state index contributed by atoms with van der Waals surface area (Å²) in [7, 11) is 0. The van der Waals surface area contributed by atoms with Crippen LogP contribution in [0.5, 0.6) is 0 Å². The number of hydrogen-bond donors (Lipinski definition) is 2. The van der Waals surface area contributed by atoms with Crippen molar-refractivity contribution in [3.8, 4) is 0 Å². The van der Waals surface area contributed by atoms with Gasteiger partial charge in [0.05, 0.1) is 5.02 Å². The molecule has 1 unspecified atom stereocenters. The van der Waals surface area contributed by atoms with Gasteiger partial charge in [-0.25, -0.2) is 9.37 Å². The van der Waals surface area contributed by atoms with Crippen molar-refractivity contribution >= 4 is 17.4 Å². The molecule has 1 rings (SSSR count). The average Bonchev–Trinajstić information content (AvgIpc) is 2.17. The second kappa shape index (κ2) is 5.88. The third-order valence-corrected chi connectivity index (χ3v) is 2.25. The van der Waals surface area contributed by atoms with Crippen molar-refractivity contribution in [3.63, 3.8) is 0 Å². The fraction of sp³-hybridized carbons (Fsp3) is 0.500. The lowest BCUT2D eigenvalue weighted by atomic mass is 10.1. The Balaban J connectivity index is 2.50. The Bertz CT molecular complexity index is 322. The number of aliphatic hydroxyl groups excluding tert-OH is 1. The van der Waals surface area contributed by atoms with Gasteiger partial charge in [-0.1, -0.05) is 18.5 Å². The highest BCUT2D eigenvalue weighted by atomic mass is 35.5. The van der Waals surface area contributed by atoms with Gasteiger partial charge in [0.25, 0.3) is 0 Å². The van der Waals surface area contributed by atoms with Gasteiger partial charge in [-0.3, -0.25) is 0 Å². The van der Waals surface area contributed by atoms with Gasteiger partial charge in [0.15, 0.2) is 11.6 Å². The van der Waals surface area contributed by atoms with Crippen molar-refractivity contribution in [2.45, 2.75) is 13.3 Å². The minimum Gasteiger partial charge on any atom is -0.396 e. The maximum Gasteiger partial charge on any atom is 0.166 e. The molecule has 2 N–H and O–H groups in total. The maximum absolute atomic E-state index is 13.2. The molecule has 15 heavy (non-hydrogen) atoms. The van der Waals surface area contributed by atoms with Crippen LogP contribution < -0.4 is 5.32 Å². The molecule has 0 bridgehead atoms. The Morgan fingerprint density at radius 1 is 1.67 bits per heavy atom. The van der Waals surface area contributed by atoms with Crippen LogP contribution in [0, 0.1) is 11.7 Å². The van der Waals surface area contributed by atoms with Gasteiger partial charge < -0.3 is 10.4 Å². The van der Waals surface area contributed by atoms with Crippen LogP contribution in [0.1, 0.15) is 13.3 Å². The van der Waals surface area contributed by atoms with E-state index in [4.69, 9.17) is 16.7 Å². The zero-order chi connectivity index (χ0) is 11.3. The van der Waals surface area contributed by atoms with E-state index in [0.717, 1.165) is 0 Å². The molecule has 3 nitrogen and oxygen atoms in total. The molecule has 0 amide bonds. The maximum atomic E-state index is 13.2. The fourth-order valence-corrected chi connectivity index (χ4v) is 1.28. The first-order valence-electron chi connectivity index (χ1n) is 4.79. The Labute approximate surface area is 93.3 Å². The lowest BCUT2D eigenvalue weighted by Crippen LogP contribution is -2.14. The van der Waals surface area contributed by atoms with E-state index in [9.17, 15) is 4.39 Å². The van der Waals surface area contributed by atoms with Crippen molar-refractivity contribution in [2.75, 3.05) is 18.5 Å². The molecule has 0 radical (unpaired) electrons. The number of anilines is 1. The van der Waals surface area contributed by atoms with E-state index in [1.807, 2.05) is 6.92 Å². The molecule has 0 aromatic carbocycles. The van der Waals surface area contributed by atoms with Crippen molar-refractivity contribution in [3.05, 3.63) is 23.1 Å². The smallest absolute Gasteiger partial charge is 0.166 e. The number of aliphatic hydroxyl groups is 1. The second-order valence-corrected chi connectivity index (χ2v) is 3.92. The molecule has 84 valence electrons. The number of pyridine rings is 1. The minimum atomic E-state index is -0.460. The van der Waals surface area contributed by atoms with E-state index < -0.39 is 5.82 Å². The topological polar surface area (TPSA) is 45.1 Å². The summed E-state index contributed by atoms with van der Waals surface area (Å²) in [6, 6.07) is 1.22. The fourth-order valence-electron chi connectivity index (χ4n) is 1.14. The molecule has 0 saturated carbocycles. The summed E-state index contributed by atoms with van der Waals surface area (Å²) in [5, 5.41) is 11.8. The largest absolute Gasteiger partial charge is 0.396 e. The Morgan fingerprint density at radius 3 is 3.00 bits per heavy atom. The number of nitrogens with zero attached hydrogens (tertiary/aromatic N) is 1. The first kappa shape index (κ1) is 12.2. The highest BCUT2D eigenvalue weighted by Gasteiger charge is 2.06. The van der Waals surface area contributed by atoms with Crippen LogP contribution in [0.3, 0.4) is 0 Å². The van der Waals surface area contributed by atoms with E-state index in [2.05, 4.69) is 10.3 Å². The van der Waals surface area contributed by atoms with E-state index >= 15 is 0 Å². The normalized spacial score (nSPS) is 12.5. The van der Waals surface area contributed by atoms with Crippen LogP contribution in [0.2, 0.25) is 5.02 Å². The summed E-state index contributed by atoms with van der Waals surface area (Å²) >= 11 is 5.57.